The van der Waals surface area contributed by atoms with Crippen molar-refractivity contribution in [3.05, 3.63) is 104 Å². The van der Waals surface area contributed by atoms with Gasteiger partial charge in [-0.3, -0.25) is 19.1 Å². The van der Waals surface area contributed by atoms with Gasteiger partial charge in [0.05, 0.1) is 33.9 Å². The topological polar surface area (TPSA) is 89.8 Å². The minimum atomic E-state index is -0.525. The monoisotopic (exact) mass is 501 g/mol. The highest BCUT2D eigenvalue weighted by Crippen LogP contribution is 2.26. The van der Waals surface area contributed by atoms with Crippen molar-refractivity contribution in [3.8, 4) is 17.1 Å². The van der Waals surface area contributed by atoms with Crippen molar-refractivity contribution < 1.29 is 4.79 Å². The predicted octanol–water partition coefficient (Wildman–Crippen LogP) is 5.36. The van der Waals surface area contributed by atoms with Crippen LogP contribution in [0.25, 0.3) is 27.8 Å². The standard InChI is InChI=1S/C26H20ClN5O2S/c1-15(30-25(33)24-16(2)28-12-20(31-24)21-13-35-14-29-21)22-11-17-7-6-10-19(27)23(17)26(34)32(22)18-8-4-3-5-9-18/h3-15H,1-2H3,(H,30,33)/t15-/m0/s1. The zero-order chi connectivity index (χ0) is 24.5. The van der Waals surface area contributed by atoms with Crippen LogP contribution in [0.15, 0.2) is 76.5 Å². The number of rotatable bonds is 5. The molecular formula is C26H20ClN5O2S. The first-order valence-corrected chi connectivity index (χ1v) is 12.2. The Morgan fingerprint density at radius 3 is 2.63 bits per heavy atom. The first kappa shape index (κ1) is 22.9. The quantitative estimate of drug-likeness (QED) is 0.350. The molecule has 0 aliphatic heterocycles. The normalized spacial score (nSPS) is 12.0. The first-order valence-electron chi connectivity index (χ1n) is 10.9. The number of nitrogens with zero attached hydrogens (tertiary/aromatic N) is 4. The van der Waals surface area contributed by atoms with E-state index in [9.17, 15) is 9.59 Å². The number of aromatic nitrogens is 4. The highest BCUT2D eigenvalue weighted by Gasteiger charge is 2.22. The van der Waals surface area contributed by atoms with E-state index >= 15 is 0 Å². The number of hydrogen-bond acceptors (Lipinski definition) is 6. The molecule has 3 aromatic heterocycles. The van der Waals surface area contributed by atoms with E-state index in [-0.39, 0.29) is 11.3 Å². The third-order valence-corrected chi connectivity index (χ3v) is 6.60. The van der Waals surface area contributed by atoms with Gasteiger partial charge in [-0.15, -0.1) is 11.3 Å². The molecule has 0 fully saturated rings. The molecule has 0 saturated carbocycles. The van der Waals surface area contributed by atoms with E-state index in [2.05, 4.69) is 20.3 Å². The van der Waals surface area contributed by atoms with Crippen molar-refractivity contribution in [1.82, 2.24) is 24.8 Å². The molecule has 0 aliphatic carbocycles. The number of nitrogens with one attached hydrogen (secondary N) is 1. The number of amides is 1. The highest BCUT2D eigenvalue weighted by atomic mass is 35.5. The van der Waals surface area contributed by atoms with Crippen LogP contribution in [0.2, 0.25) is 5.02 Å². The summed E-state index contributed by atoms with van der Waals surface area (Å²) in [5.41, 5.74) is 4.64. The number of benzene rings is 2. The molecule has 2 aromatic carbocycles. The summed E-state index contributed by atoms with van der Waals surface area (Å²) in [5.74, 6) is -0.391. The van der Waals surface area contributed by atoms with Gasteiger partial charge in [0.15, 0.2) is 0 Å². The van der Waals surface area contributed by atoms with Crippen LogP contribution in [0.3, 0.4) is 0 Å². The Labute approximate surface area is 210 Å². The Kier molecular flexibility index (Phi) is 6.15. The molecule has 0 spiro atoms. The maximum Gasteiger partial charge on any atom is 0.272 e. The average molecular weight is 502 g/mol. The fraction of sp³-hybridized carbons (Fsp3) is 0.115. The van der Waals surface area contributed by atoms with E-state index in [4.69, 9.17) is 11.6 Å². The Hall–Kier alpha value is -3.88. The number of carbonyl (C=O) groups is 1. The predicted molar refractivity (Wildman–Crippen MR) is 138 cm³/mol. The van der Waals surface area contributed by atoms with Crippen LogP contribution < -0.4 is 10.9 Å². The van der Waals surface area contributed by atoms with Crippen molar-refractivity contribution in [2.24, 2.45) is 0 Å². The second-order valence-electron chi connectivity index (χ2n) is 8.01. The van der Waals surface area contributed by atoms with Crippen molar-refractivity contribution in [3.63, 3.8) is 0 Å². The number of fused-ring (bicyclic) bond motifs is 1. The Morgan fingerprint density at radius 2 is 1.89 bits per heavy atom. The number of hydrogen-bond donors (Lipinski definition) is 1. The van der Waals surface area contributed by atoms with Gasteiger partial charge in [0.25, 0.3) is 11.5 Å². The summed E-state index contributed by atoms with van der Waals surface area (Å²) in [5, 5.41) is 6.35. The number of halogens is 1. The number of aryl methyl sites for hydroxylation is 1. The Bertz CT molecular complexity index is 1600. The zero-order valence-corrected chi connectivity index (χ0v) is 20.5. The van der Waals surface area contributed by atoms with Gasteiger partial charge in [0.1, 0.15) is 17.1 Å². The molecule has 1 amide bonds. The van der Waals surface area contributed by atoms with Crippen molar-refractivity contribution in [1.29, 1.82) is 0 Å². The molecule has 3 heterocycles. The third kappa shape index (κ3) is 4.34. The summed E-state index contributed by atoms with van der Waals surface area (Å²) in [7, 11) is 0. The van der Waals surface area contributed by atoms with Gasteiger partial charge < -0.3 is 5.32 Å². The molecule has 1 atom stereocenters. The zero-order valence-electron chi connectivity index (χ0n) is 18.9. The van der Waals surface area contributed by atoms with Crippen LogP contribution in [-0.4, -0.2) is 25.4 Å². The molecule has 5 aromatic rings. The molecule has 0 radical (unpaired) electrons. The molecule has 5 rings (SSSR count). The van der Waals surface area contributed by atoms with E-state index in [0.717, 1.165) is 0 Å². The van der Waals surface area contributed by atoms with Crippen molar-refractivity contribution >= 4 is 39.6 Å². The molecule has 9 heteroatoms. The Balaban J connectivity index is 1.58. The van der Waals surface area contributed by atoms with Crippen LogP contribution in [0.5, 0.6) is 0 Å². The second kappa shape index (κ2) is 9.40. The second-order valence-corrected chi connectivity index (χ2v) is 9.13. The molecule has 35 heavy (non-hydrogen) atoms. The van der Waals surface area contributed by atoms with Crippen LogP contribution in [-0.2, 0) is 0 Å². The molecular weight excluding hydrogens is 482 g/mol. The van der Waals surface area contributed by atoms with Gasteiger partial charge in [-0.2, -0.15) is 0 Å². The van der Waals surface area contributed by atoms with Gasteiger partial charge in [-0.1, -0.05) is 41.9 Å². The molecule has 0 unspecified atom stereocenters. The highest BCUT2D eigenvalue weighted by molar-refractivity contribution is 7.07. The van der Waals surface area contributed by atoms with Crippen LogP contribution >= 0.6 is 22.9 Å². The van der Waals surface area contributed by atoms with Gasteiger partial charge in [0.2, 0.25) is 0 Å². The summed E-state index contributed by atoms with van der Waals surface area (Å²) in [4.78, 5) is 40.0. The smallest absolute Gasteiger partial charge is 0.272 e. The lowest BCUT2D eigenvalue weighted by Gasteiger charge is -2.21. The van der Waals surface area contributed by atoms with Crippen LogP contribution in [0.4, 0.5) is 0 Å². The number of para-hydroxylation sites is 1. The molecule has 0 aliphatic rings. The number of carbonyl (C=O) groups excluding carboxylic acids is 1. The average Bonchev–Trinajstić information content (AvgIpc) is 3.39. The van der Waals surface area contributed by atoms with E-state index in [1.54, 1.807) is 35.3 Å². The maximum atomic E-state index is 13.6. The number of thiazole rings is 1. The van der Waals surface area contributed by atoms with E-state index in [1.165, 1.54) is 11.3 Å². The minimum Gasteiger partial charge on any atom is -0.343 e. The summed E-state index contributed by atoms with van der Waals surface area (Å²) in [6.07, 6.45) is 1.60. The summed E-state index contributed by atoms with van der Waals surface area (Å²) >= 11 is 7.83. The maximum absolute atomic E-state index is 13.6. The summed E-state index contributed by atoms with van der Waals surface area (Å²) in [6, 6.07) is 16.0. The molecule has 7 nitrogen and oxygen atoms in total. The Morgan fingerprint density at radius 1 is 1.09 bits per heavy atom. The fourth-order valence-electron chi connectivity index (χ4n) is 3.97. The lowest BCUT2D eigenvalue weighted by atomic mass is 10.1. The lowest BCUT2D eigenvalue weighted by Crippen LogP contribution is -2.33. The molecule has 0 bridgehead atoms. The van der Waals surface area contributed by atoms with Crippen LogP contribution in [0, 0.1) is 6.92 Å². The largest absolute Gasteiger partial charge is 0.343 e. The minimum absolute atomic E-state index is 0.208. The first-order chi connectivity index (χ1) is 16.9. The number of pyridine rings is 1. The van der Waals surface area contributed by atoms with E-state index in [0.29, 0.717) is 44.3 Å². The van der Waals surface area contributed by atoms with Crippen molar-refractivity contribution in [2.75, 3.05) is 0 Å². The van der Waals surface area contributed by atoms with Crippen molar-refractivity contribution in [2.45, 2.75) is 19.9 Å². The molecule has 174 valence electrons. The lowest BCUT2D eigenvalue weighted by molar-refractivity contribution is 0.0932. The summed E-state index contributed by atoms with van der Waals surface area (Å²) < 4.78 is 1.59. The molecule has 0 saturated heterocycles. The fourth-order valence-corrected chi connectivity index (χ4v) is 4.78. The summed E-state index contributed by atoms with van der Waals surface area (Å²) in [6.45, 7) is 3.56. The molecule has 1 N–H and O–H groups in total. The van der Waals surface area contributed by atoms with E-state index in [1.807, 2.05) is 54.8 Å². The van der Waals surface area contributed by atoms with E-state index < -0.39 is 11.9 Å². The van der Waals surface area contributed by atoms with Gasteiger partial charge in [-0.05, 0) is 43.5 Å². The third-order valence-electron chi connectivity index (χ3n) is 5.70. The van der Waals surface area contributed by atoms with Crippen LogP contribution in [0.1, 0.15) is 34.8 Å². The van der Waals surface area contributed by atoms with Gasteiger partial charge in [-0.25, -0.2) is 9.97 Å². The van der Waals surface area contributed by atoms with Gasteiger partial charge >= 0.3 is 0 Å². The SMILES string of the molecule is Cc1ncc(-c2cscn2)nc1C(=O)N[C@@H](C)c1cc2cccc(Cl)c2c(=O)n1-c1ccccc1. The van der Waals surface area contributed by atoms with Gasteiger partial charge in [0, 0.05) is 16.8 Å².